The highest BCUT2D eigenvalue weighted by molar-refractivity contribution is 5.73. The average Bonchev–Trinajstić information content (AvgIpc) is 3.32. The quantitative estimate of drug-likeness (QED) is 0.0682. The number of hydrogen-bond donors (Lipinski definition) is 19. The van der Waals surface area contributed by atoms with Gasteiger partial charge in [-0.05, 0) is 6.92 Å². The molecule has 402 valence electrons. The van der Waals surface area contributed by atoms with Crippen LogP contribution < -0.4 is 5.32 Å². The van der Waals surface area contributed by atoms with Crippen molar-refractivity contribution in [2.75, 3.05) is 33.0 Å². The lowest BCUT2D eigenvalue weighted by Gasteiger charge is -2.51. The summed E-state index contributed by atoms with van der Waals surface area (Å²) in [7, 11) is 0. The Morgan fingerprint density at radius 3 is 1.35 bits per heavy atom. The van der Waals surface area contributed by atoms with E-state index >= 15 is 0 Å². The molecule has 31 heteroatoms. The van der Waals surface area contributed by atoms with Crippen LogP contribution in [0.3, 0.4) is 0 Å². The molecule has 30 atom stereocenters. The first-order chi connectivity index (χ1) is 32.6. The maximum absolute atomic E-state index is 12.7. The van der Waals surface area contributed by atoms with E-state index in [1.165, 1.54) is 6.92 Å². The van der Waals surface area contributed by atoms with Crippen LogP contribution in [0.2, 0.25) is 0 Å². The number of aliphatic hydroxyl groups is 18. The van der Waals surface area contributed by atoms with Gasteiger partial charge in [0.2, 0.25) is 5.91 Å². The summed E-state index contributed by atoms with van der Waals surface area (Å²) in [6, 6.07) is -1.82. The molecular weight excluding hydrogens is 950 g/mol. The fourth-order valence-corrected chi connectivity index (χ4v) is 8.83. The van der Waals surface area contributed by atoms with Crippen LogP contribution in [0.25, 0.3) is 0 Å². The number of carbonyl (C=O) groups excluding carboxylic acids is 1. The molecule has 0 bridgehead atoms. The summed E-state index contributed by atoms with van der Waals surface area (Å²) in [5, 5.41) is 194. The Labute approximate surface area is 390 Å². The molecule has 6 fully saturated rings. The topological polar surface area (TPSA) is 495 Å². The van der Waals surface area contributed by atoms with E-state index in [1.807, 2.05) is 0 Å². The van der Waals surface area contributed by atoms with E-state index in [0.717, 1.165) is 6.92 Å². The van der Waals surface area contributed by atoms with E-state index in [9.17, 15) is 96.7 Å². The first-order valence-corrected chi connectivity index (χ1v) is 22.0. The summed E-state index contributed by atoms with van der Waals surface area (Å²) >= 11 is 0. The molecule has 0 unspecified atom stereocenters. The molecule has 6 rings (SSSR count). The second kappa shape index (κ2) is 24.1. The zero-order chi connectivity index (χ0) is 50.9. The Kier molecular flexibility index (Phi) is 19.8. The second-order valence-electron chi connectivity index (χ2n) is 17.5. The fraction of sp³-hybridized carbons (Fsp3) is 0.974. The first kappa shape index (κ1) is 56.6. The highest BCUT2D eigenvalue weighted by Crippen LogP contribution is 2.38. The minimum atomic E-state index is -2.14. The van der Waals surface area contributed by atoms with Gasteiger partial charge in [-0.1, -0.05) is 0 Å². The predicted octanol–water partition coefficient (Wildman–Crippen LogP) is -12.9. The molecule has 6 saturated heterocycles. The summed E-state index contributed by atoms with van der Waals surface area (Å²) in [6.45, 7) is -2.63. The molecule has 0 radical (unpaired) electrons. The van der Waals surface area contributed by atoms with Crippen LogP contribution in [0.15, 0.2) is 0 Å². The lowest BCUT2D eigenvalue weighted by atomic mass is 9.94. The van der Waals surface area contributed by atoms with Gasteiger partial charge in [-0.25, -0.2) is 0 Å². The van der Waals surface area contributed by atoms with Crippen molar-refractivity contribution in [3.05, 3.63) is 0 Å². The van der Waals surface area contributed by atoms with Crippen molar-refractivity contribution >= 4 is 5.91 Å². The smallest absolute Gasteiger partial charge is 0.217 e. The van der Waals surface area contributed by atoms with Crippen molar-refractivity contribution < 1.29 is 149 Å². The summed E-state index contributed by atoms with van der Waals surface area (Å²) < 4.78 is 63.1. The minimum absolute atomic E-state index is 0.869. The standard InChI is InChI=1S/C38H65NO30/c1-8-16(46)21(51)25(55)35(59-8)69-32-31(68-36-26(56)22(52)17(47)10(3-40)61-36)19(49)12(5-42)63-38(32)66-28-14(7-44)64-34(15(20(28)50)39-9(2)45)67-30-18(48)11(4-41)62-37(27(30)57)65-29-13(6-43)60-33(58)24(54)23(29)53/h8,10-38,40-44,46-58H,3-7H2,1-2H3,(H,39,45)/t8-,10-,11-,12-,13-,14-,15-,16+,17+,18+,19+,20-,21+,22+,23-,24-,25-,26-,27-,28-,29-,30+,31+,32-,33-,34+,35-,36-,37+,38+/m1/s1. The van der Waals surface area contributed by atoms with E-state index in [-0.39, 0.29) is 0 Å². The molecule has 19 N–H and O–H groups in total. The third-order valence-corrected chi connectivity index (χ3v) is 12.8. The normalized spacial score (nSPS) is 52.1. The molecule has 6 aliphatic rings. The molecule has 6 heterocycles. The van der Waals surface area contributed by atoms with Crippen molar-refractivity contribution in [3.8, 4) is 0 Å². The Hall–Kier alpha value is -1.69. The molecule has 69 heavy (non-hydrogen) atoms. The Bertz CT molecular complexity index is 1610. The van der Waals surface area contributed by atoms with Crippen LogP contribution in [0, 0.1) is 0 Å². The van der Waals surface area contributed by atoms with Crippen LogP contribution >= 0.6 is 0 Å². The van der Waals surface area contributed by atoms with Crippen molar-refractivity contribution in [1.29, 1.82) is 0 Å². The van der Waals surface area contributed by atoms with Gasteiger partial charge in [0.05, 0.1) is 39.1 Å². The third kappa shape index (κ3) is 11.8. The molecule has 0 aromatic rings. The van der Waals surface area contributed by atoms with Gasteiger partial charge in [0.1, 0.15) is 140 Å². The molecule has 31 nitrogen and oxygen atoms in total. The summed E-state index contributed by atoms with van der Waals surface area (Å²) in [6.07, 6.45) is -55.0. The molecule has 0 spiro atoms. The van der Waals surface area contributed by atoms with Gasteiger partial charge < -0.3 is 149 Å². The molecule has 0 saturated carbocycles. The number of carbonyl (C=O) groups is 1. The number of amides is 1. The largest absolute Gasteiger partial charge is 0.394 e. The monoisotopic (exact) mass is 1020 g/mol. The molecular formula is C38H65NO30. The van der Waals surface area contributed by atoms with Gasteiger partial charge in [0.25, 0.3) is 0 Å². The van der Waals surface area contributed by atoms with Crippen LogP contribution in [0.5, 0.6) is 0 Å². The lowest BCUT2D eigenvalue weighted by molar-refractivity contribution is -0.405. The highest BCUT2D eigenvalue weighted by Gasteiger charge is 2.58. The van der Waals surface area contributed by atoms with E-state index in [4.69, 9.17) is 52.1 Å². The van der Waals surface area contributed by atoms with E-state index < -0.39 is 223 Å². The molecule has 6 aliphatic heterocycles. The number of nitrogens with one attached hydrogen (secondary N) is 1. The zero-order valence-electron chi connectivity index (χ0n) is 36.8. The van der Waals surface area contributed by atoms with Gasteiger partial charge in [0.15, 0.2) is 37.7 Å². The lowest BCUT2D eigenvalue weighted by Crippen LogP contribution is -2.70. The Morgan fingerprint density at radius 1 is 0.377 bits per heavy atom. The average molecular weight is 1020 g/mol. The highest BCUT2D eigenvalue weighted by atomic mass is 16.8. The van der Waals surface area contributed by atoms with Gasteiger partial charge in [-0.2, -0.15) is 0 Å². The van der Waals surface area contributed by atoms with Crippen LogP contribution in [0.1, 0.15) is 13.8 Å². The number of rotatable bonds is 16. The summed E-state index contributed by atoms with van der Waals surface area (Å²) in [5.74, 6) is -0.869. The van der Waals surface area contributed by atoms with Gasteiger partial charge >= 0.3 is 0 Å². The Balaban J connectivity index is 1.30. The number of hydrogen-bond acceptors (Lipinski definition) is 30. The van der Waals surface area contributed by atoms with E-state index in [2.05, 4.69) is 5.32 Å². The van der Waals surface area contributed by atoms with Crippen molar-refractivity contribution in [2.24, 2.45) is 0 Å². The van der Waals surface area contributed by atoms with Crippen LogP contribution in [0.4, 0.5) is 0 Å². The van der Waals surface area contributed by atoms with Gasteiger partial charge in [-0.3, -0.25) is 4.79 Å². The zero-order valence-corrected chi connectivity index (χ0v) is 36.8. The number of aliphatic hydroxyl groups excluding tert-OH is 18. The van der Waals surface area contributed by atoms with Crippen molar-refractivity contribution in [3.63, 3.8) is 0 Å². The maximum Gasteiger partial charge on any atom is 0.217 e. The summed E-state index contributed by atoms with van der Waals surface area (Å²) in [5.41, 5.74) is 0. The fourth-order valence-electron chi connectivity index (χ4n) is 8.83. The molecule has 0 aromatic carbocycles. The maximum atomic E-state index is 12.7. The van der Waals surface area contributed by atoms with Gasteiger partial charge in [-0.15, -0.1) is 0 Å². The van der Waals surface area contributed by atoms with Crippen molar-refractivity contribution in [2.45, 2.75) is 198 Å². The Morgan fingerprint density at radius 2 is 0.783 bits per heavy atom. The summed E-state index contributed by atoms with van der Waals surface area (Å²) in [4.78, 5) is 12.7. The van der Waals surface area contributed by atoms with Crippen molar-refractivity contribution in [1.82, 2.24) is 5.32 Å². The first-order valence-electron chi connectivity index (χ1n) is 22.0. The van der Waals surface area contributed by atoms with Crippen LogP contribution in [-0.4, -0.2) is 315 Å². The number of ether oxygens (including phenoxy) is 11. The molecule has 0 aliphatic carbocycles. The minimum Gasteiger partial charge on any atom is -0.394 e. The predicted molar refractivity (Wildman–Crippen MR) is 209 cm³/mol. The van der Waals surface area contributed by atoms with Crippen LogP contribution in [-0.2, 0) is 56.9 Å². The molecule has 0 aromatic heterocycles. The molecule has 1 amide bonds. The SMILES string of the molecule is CC(=O)N[C@H]1[C@H](O[C@H]2[C@@H](O)[C@@H](CO)O[C@@H](O[C@H]3[C@H](O)[C@@H](O)[C@H](O)O[C@@H]3CO)[C@@H]2O)O[C@H](CO)[C@@H](O[C@@H]2O[C@H](CO)[C@H](O)[C@H](O[C@H]3O[C@H](CO)[C@H](O)[C@H](O)[C@H]3O)[C@H]2O[C@H]2O[C@H](C)[C@H](O)[C@H](O)[C@H]2O)[C@@H]1O. The van der Waals surface area contributed by atoms with E-state index in [1.54, 1.807) is 0 Å². The third-order valence-electron chi connectivity index (χ3n) is 12.8. The van der Waals surface area contributed by atoms with Gasteiger partial charge in [0, 0.05) is 6.92 Å². The van der Waals surface area contributed by atoms with E-state index in [0.29, 0.717) is 0 Å². The second-order valence-corrected chi connectivity index (χ2v) is 17.5.